The number of aliphatic hydroxyl groups excluding tert-OH is 1. The van der Waals surface area contributed by atoms with Crippen molar-refractivity contribution in [3.63, 3.8) is 0 Å². The topological polar surface area (TPSA) is 72.8 Å². The molecule has 0 radical (unpaired) electrons. The van der Waals surface area contributed by atoms with E-state index in [1.165, 1.54) is 51.4 Å². The Labute approximate surface area is 307 Å². The number of aliphatic hydroxyl groups is 1. The Bertz CT molecular complexity index is 1010. The molecular formula is C45H72O5. The van der Waals surface area contributed by atoms with Crippen molar-refractivity contribution < 1.29 is 24.2 Å². The van der Waals surface area contributed by atoms with Gasteiger partial charge in [-0.25, -0.2) is 0 Å². The summed E-state index contributed by atoms with van der Waals surface area (Å²) in [4.78, 5) is 24.2. The van der Waals surface area contributed by atoms with Crippen LogP contribution in [0.1, 0.15) is 155 Å². The third-order valence-corrected chi connectivity index (χ3v) is 7.86. The van der Waals surface area contributed by atoms with E-state index in [-0.39, 0.29) is 31.6 Å². The molecule has 0 saturated carbocycles. The van der Waals surface area contributed by atoms with Crippen LogP contribution in [0.5, 0.6) is 0 Å². The van der Waals surface area contributed by atoms with Gasteiger partial charge in [0.2, 0.25) is 0 Å². The molecule has 282 valence electrons. The fourth-order valence-electron chi connectivity index (χ4n) is 4.89. The van der Waals surface area contributed by atoms with E-state index in [0.29, 0.717) is 19.3 Å². The maximum Gasteiger partial charge on any atom is 0.306 e. The fraction of sp³-hybridized carbons (Fsp3) is 0.600. The molecule has 0 rings (SSSR count). The molecule has 0 unspecified atom stereocenters. The molecule has 5 nitrogen and oxygen atoms in total. The van der Waals surface area contributed by atoms with Crippen molar-refractivity contribution in [2.24, 2.45) is 0 Å². The van der Waals surface area contributed by atoms with Crippen LogP contribution in [0.25, 0.3) is 0 Å². The summed E-state index contributed by atoms with van der Waals surface area (Å²) in [6.45, 7) is 3.91. The van der Waals surface area contributed by atoms with E-state index < -0.39 is 6.10 Å². The van der Waals surface area contributed by atoms with Crippen molar-refractivity contribution in [1.82, 2.24) is 0 Å². The van der Waals surface area contributed by atoms with Crippen molar-refractivity contribution in [1.29, 1.82) is 0 Å². The molecule has 0 aromatic rings. The van der Waals surface area contributed by atoms with Crippen LogP contribution in [0.2, 0.25) is 0 Å². The Hall–Kier alpha value is -3.18. The molecule has 1 N–H and O–H groups in total. The van der Waals surface area contributed by atoms with E-state index in [2.05, 4.69) is 111 Å². The van der Waals surface area contributed by atoms with Gasteiger partial charge in [-0.15, -0.1) is 0 Å². The standard InChI is InChI=1S/C45H72O5/c1-3-5-7-9-11-13-15-17-19-20-21-22-23-24-26-27-29-31-33-35-37-39-44(47)49-42-43(41-46)50-45(48)40-38-36-34-32-30-28-25-18-16-14-12-10-8-6-4-2/h6,8,12,14,18-20,22-23,25-27,30-33,43,46H,3-5,7,9-11,13,15-17,21,24,28-29,34-42H2,1-2H3/b8-6+,14-12+,20-19+,23-22+,25-18+,27-26+,32-30+,33-31+/t43-/m0/s1. The number of allylic oxidation sites excluding steroid dienone is 16. The molecule has 0 aliphatic carbocycles. The Kier molecular flexibility index (Phi) is 37.7. The smallest absolute Gasteiger partial charge is 0.306 e. The number of carbonyl (C=O) groups excluding carboxylic acids is 2. The third-order valence-electron chi connectivity index (χ3n) is 7.86. The van der Waals surface area contributed by atoms with Crippen LogP contribution in [-0.4, -0.2) is 36.4 Å². The minimum absolute atomic E-state index is 0.117. The lowest BCUT2D eigenvalue weighted by molar-refractivity contribution is -0.161. The number of carbonyl (C=O) groups is 2. The predicted octanol–water partition coefficient (Wildman–Crippen LogP) is 12.5. The molecule has 0 amide bonds. The number of hydrogen-bond acceptors (Lipinski definition) is 5. The first-order valence-electron chi connectivity index (χ1n) is 19.8. The van der Waals surface area contributed by atoms with Crippen LogP contribution in [0.3, 0.4) is 0 Å². The molecular weight excluding hydrogens is 620 g/mol. The number of esters is 2. The van der Waals surface area contributed by atoms with Gasteiger partial charge in [0.1, 0.15) is 6.61 Å². The second-order valence-corrected chi connectivity index (χ2v) is 12.6. The fourth-order valence-corrected chi connectivity index (χ4v) is 4.89. The SMILES string of the molecule is CC/C=C/C/C=C/C/C=C/C/C=C/CCCCC(=O)O[C@@H](CO)COC(=O)CCC/C=C/C/C=C/C/C=C/C/C=C/CCCCCCCCC. The van der Waals surface area contributed by atoms with Gasteiger partial charge in [0, 0.05) is 12.8 Å². The van der Waals surface area contributed by atoms with Crippen LogP contribution in [0.4, 0.5) is 0 Å². The van der Waals surface area contributed by atoms with Gasteiger partial charge in [0.25, 0.3) is 0 Å². The largest absolute Gasteiger partial charge is 0.462 e. The quantitative estimate of drug-likeness (QED) is 0.0413. The summed E-state index contributed by atoms with van der Waals surface area (Å²) in [7, 11) is 0. The number of ether oxygens (including phenoxy) is 2. The lowest BCUT2D eigenvalue weighted by atomic mass is 10.1. The van der Waals surface area contributed by atoms with Crippen LogP contribution in [0, 0.1) is 0 Å². The summed E-state index contributed by atoms with van der Waals surface area (Å²) in [5.74, 6) is -0.716. The Balaban J connectivity index is 3.76. The van der Waals surface area contributed by atoms with Crippen LogP contribution < -0.4 is 0 Å². The Morgan fingerprint density at radius 3 is 1.36 bits per heavy atom. The normalized spacial score (nSPS) is 13.3. The first kappa shape index (κ1) is 46.8. The van der Waals surface area contributed by atoms with E-state index in [0.717, 1.165) is 64.2 Å². The molecule has 0 spiro atoms. The van der Waals surface area contributed by atoms with Crippen LogP contribution in [-0.2, 0) is 19.1 Å². The zero-order valence-corrected chi connectivity index (χ0v) is 31.9. The van der Waals surface area contributed by atoms with Crippen LogP contribution in [0.15, 0.2) is 97.2 Å². The van der Waals surface area contributed by atoms with E-state index >= 15 is 0 Å². The highest BCUT2D eigenvalue weighted by molar-refractivity contribution is 5.70. The molecule has 1 atom stereocenters. The van der Waals surface area contributed by atoms with Crippen molar-refractivity contribution in [3.05, 3.63) is 97.2 Å². The number of rotatable bonds is 34. The Morgan fingerprint density at radius 2 is 0.880 bits per heavy atom. The molecule has 5 heteroatoms. The first-order valence-corrected chi connectivity index (χ1v) is 19.8. The predicted molar refractivity (Wildman–Crippen MR) is 214 cm³/mol. The summed E-state index contributed by atoms with van der Waals surface area (Å²) < 4.78 is 10.5. The maximum atomic E-state index is 12.1. The lowest BCUT2D eigenvalue weighted by Crippen LogP contribution is -2.28. The number of unbranched alkanes of at least 4 members (excludes halogenated alkanes) is 10. The van der Waals surface area contributed by atoms with Gasteiger partial charge in [0.15, 0.2) is 6.10 Å². The van der Waals surface area contributed by atoms with Crippen molar-refractivity contribution in [2.75, 3.05) is 13.2 Å². The van der Waals surface area contributed by atoms with Gasteiger partial charge in [-0.3, -0.25) is 9.59 Å². The van der Waals surface area contributed by atoms with Gasteiger partial charge >= 0.3 is 11.9 Å². The molecule has 0 aliphatic heterocycles. The zero-order valence-electron chi connectivity index (χ0n) is 31.9. The molecule has 0 aliphatic rings. The van der Waals surface area contributed by atoms with E-state index in [4.69, 9.17) is 9.47 Å². The van der Waals surface area contributed by atoms with Gasteiger partial charge in [-0.2, -0.15) is 0 Å². The molecule has 0 aromatic heterocycles. The van der Waals surface area contributed by atoms with E-state index in [1.807, 2.05) is 0 Å². The second kappa shape index (κ2) is 40.3. The highest BCUT2D eigenvalue weighted by Gasteiger charge is 2.15. The molecule has 0 saturated heterocycles. The zero-order chi connectivity index (χ0) is 36.4. The minimum Gasteiger partial charge on any atom is -0.462 e. The Morgan fingerprint density at radius 1 is 0.480 bits per heavy atom. The van der Waals surface area contributed by atoms with E-state index in [9.17, 15) is 14.7 Å². The lowest BCUT2D eigenvalue weighted by Gasteiger charge is -2.15. The highest BCUT2D eigenvalue weighted by atomic mass is 16.6. The summed E-state index contributed by atoms with van der Waals surface area (Å²) in [5.41, 5.74) is 0. The summed E-state index contributed by atoms with van der Waals surface area (Å²) >= 11 is 0. The van der Waals surface area contributed by atoms with Gasteiger partial charge in [-0.05, 0) is 89.9 Å². The average molecular weight is 693 g/mol. The van der Waals surface area contributed by atoms with Crippen molar-refractivity contribution in [3.8, 4) is 0 Å². The van der Waals surface area contributed by atoms with Gasteiger partial charge in [-0.1, -0.05) is 150 Å². The summed E-state index contributed by atoms with van der Waals surface area (Å²) in [6.07, 6.45) is 56.2. The van der Waals surface area contributed by atoms with Gasteiger partial charge in [0.05, 0.1) is 6.61 Å². The average Bonchev–Trinajstić information content (AvgIpc) is 3.12. The number of hydrogen-bond donors (Lipinski definition) is 1. The molecule has 0 fully saturated rings. The molecule has 0 bridgehead atoms. The molecule has 0 heterocycles. The monoisotopic (exact) mass is 693 g/mol. The van der Waals surface area contributed by atoms with E-state index in [1.54, 1.807) is 0 Å². The maximum absolute atomic E-state index is 12.1. The summed E-state index contributed by atoms with van der Waals surface area (Å²) in [5, 5.41) is 9.54. The highest BCUT2D eigenvalue weighted by Crippen LogP contribution is 2.09. The minimum atomic E-state index is -0.821. The summed E-state index contributed by atoms with van der Waals surface area (Å²) in [6, 6.07) is 0. The first-order chi connectivity index (χ1) is 24.6. The van der Waals surface area contributed by atoms with Crippen molar-refractivity contribution in [2.45, 2.75) is 161 Å². The third kappa shape index (κ3) is 37.6. The molecule has 50 heavy (non-hydrogen) atoms. The van der Waals surface area contributed by atoms with Gasteiger partial charge < -0.3 is 14.6 Å². The second-order valence-electron chi connectivity index (χ2n) is 12.6. The molecule has 0 aromatic carbocycles. The van der Waals surface area contributed by atoms with Crippen molar-refractivity contribution >= 4 is 11.9 Å². The van der Waals surface area contributed by atoms with Crippen LogP contribution >= 0.6 is 0 Å².